The van der Waals surface area contributed by atoms with Crippen molar-refractivity contribution in [1.82, 2.24) is 0 Å². The van der Waals surface area contributed by atoms with E-state index < -0.39 is 0 Å². The lowest BCUT2D eigenvalue weighted by Crippen LogP contribution is -2.00. The minimum Gasteiger partial charge on any atom is -0.458 e. The molecule has 0 unspecified atom stereocenters. The van der Waals surface area contributed by atoms with Crippen molar-refractivity contribution in [3.05, 3.63) is 72.4 Å². The van der Waals surface area contributed by atoms with Crippen molar-refractivity contribution in [2.24, 2.45) is 0 Å². The molecule has 2 heteroatoms. The molecule has 0 bridgehead atoms. The summed E-state index contributed by atoms with van der Waals surface area (Å²) in [7, 11) is 0. The fourth-order valence-electron chi connectivity index (χ4n) is 2.79. The van der Waals surface area contributed by atoms with Gasteiger partial charge in [-0.25, -0.2) is 4.79 Å². The minimum atomic E-state index is -0.317. The van der Waals surface area contributed by atoms with Crippen LogP contribution in [0.15, 0.2) is 66.8 Å². The summed E-state index contributed by atoms with van der Waals surface area (Å²) in [5, 5.41) is 0. The predicted octanol–water partition coefficient (Wildman–Crippen LogP) is 7.32. The predicted molar refractivity (Wildman–Crippen MR) is 116 cm³/mol. The molecule has 0 aliphatic rings. The summed E-state index contributed by atoms with van der Waals surface area (Å²) in [6.45, 7) is 2.58. The van der Waals surface area contributed by atoms with E-state index in [1.165, 1.54) is 63.9 Å². The number of hydrogen-bond acceptors (Lipinski definition) is 2. The van der Waals surface area contributed by atoms with Crippen LogP contribution in [0.4, 0.5) is 0 Å². The summed E-state index contributed by atoms with van der Waals surface area (Å²) in [6.07, 6.45) is 24.6. The molecule has 27 heavy (non-hydrogen) atoms. The van der Waals surface area contributed by atoms with Crippen molar-refractivity contribution in [2.45, 2.75) is 77.7 Å². The first-order valence-electron chi connectivity index (χ1n) is 10.5. The van der Waals surface area contributed by atoms with Crippen LogP contribution >= 0.6 is 0 Å². The van der Waals surface area contributed by atoms with E-state index in [9.17, 15) is 4.79 Å². The molecule has 0 aliphatic carbocycles. The molecule has 0 heterocycles. The van der Waals surface area contributed by atoms with Crippen LogP contribution in [0, 0.1) is 0 Å². The van der Waals surface area contributed by atoms with Crippen molar-refractivity contribution in [2.75, 3.05) is 0 Å². The minimum absolute atomic E-state index is 0.312. The maximum absolute atomic E-state index is 11.6. The van der Waals surface area contributed by atoms with E-state index in [-0.39, 0.29) is 5.97 Å². The number of hydrogen-bond donors (Lipinski definition) is 0. The van der Waals surface area contributed by atoms with Gasteiger partial charge in [0.25, 0.3) is 0 Å². The van der Waals surface area contributed by atoms with Gasteiger partial charge < -0.3 is 4.74 Å². The summed E-state index contributed by atoms with van der Waals surface area (Å²) in [6, 6.07) is 9.69. The molecule has 0 saturated heterocycles. The van der Waals surface area contributed by atoms with Crippen molar-refractivity contribution in [1.29, 1.82) is 0 Å². The van der Waals surface area contributed by atoms with E-state index in [1.807, 2.05) is 48.6 Å². The molecule has 148 valence electrons. The second kappa shape index (κ2) is 17.3. The summed E-state index contributed by atoms with van der Waals surface area (Å²) in [5.74, 6) is -0.317. The second-order valence-corrected chi connectivity index (χ2v) is 6.88. The number of carbonyl (C=O) groups is 1. The Hall–Kier alpha value is -2.09. The largest absolute Gasteiger partial charge is 0.458 e. The molecule has 1 aromatic rings. The Balaban J connectivity index is 1.96. The Bertz CT molecular complexity index is 555. The van der Waals surface area contributed by atoms with Gasteiger partial charge in [-0.1, -0.05) is 119 Å². The lowest BCUT2D eigenvalue weighted by molar-refractivity contribution is -0.139. The number of allylic oxidation sites excluding steroid dienone is 5. The molecular weight excluding hydrogens is 332 g/mol. The van der Waals surface area contributed by atoms with Crippen molar-refractivity contribution >= 4 is 5.97 Å². The van der Waals surface area contributed by atoms with Crippen LogP contribution in [0.2, 0.25) is 0 Å². The summed E-state index contributed by atoms with van der Waals surface area (Å²) in [5.41, 5.74) is 0.995. The van der Waals surface area contributed by atoms with Crippen LogP contribution in [0.3, 0.4) is 0 Å². The van der Waals surface area contributed by atoms with E-state index in [0.717, 1.165) is 12.0 Å². The third kappa shape index (κ3) is 14.7. The highest BCUT2D eigenvalue weighted by atomic mass is 16.5. The Labute approximate surface area is 166 Å². The number of benzene rings is 1. The standard InChI is InChI=1S/C25H36O2/c1-2-3-4-5-6-7-8-9-10-11-12-13-14-15-19-22-25(26)27-23-24-20-17-16-18-21-24/h12-22H,2-11,23H2,1H3. The zero-order chi connectivity index (χ0) is 19.4. The SMILES string of the molecule is CCCCCCCCCCCC=CC=CC=CC(=O)OCc1ccccc1. The van der Waals surface area contributed by atoms with Crippen LogP contribution < -0.4 is 0 Å². The number of ether oxygens (including phenoxy) is 1. The highest BCUT2D eigenvalue weighted by Gasteiger charge is 1.96. The summed E-state index contributed by atoms with van der Waals surface area (Å²) >= 11 is 0. The van der Waals surface area contributed by atoms with Crippen LogP contribution in [-0.4, -0.2) is 5.97 Å². The molecule has 0 spiro atoms. The Morgan fingerprint density at radius 3 is 2.15 bits per heavy atom. The Kier molecular flexibility index (Phi) is 14.7. The molecule has 0 fully saturated rings. The van der Waals surface area contributed by atoms with Gasteiger partial charge in [0.05, 0.1) is 0 Å². The molecule has 0 saturated carbocycles. The van der Waals surface area contributed by atoms with Crippen molar-refractivity contribution in [3.63, 3.8) is 0 Å². The number of unbranched alkanes of at least 4 members (excludes halogenated alkanes) is 9. The maximum Gasteiger partial charge on any atom is 0.331 e. The van der Waals surface area contributed by atoms with E-state index in [0.29, 0.717) is 6.61 Å². The zero-order valence-corrected chi connectivity index (χ0v) is 16.9. The lowest BCUT2D eigenvalue weighted by atomic mass is 10.1. The van der Waals surface area contributed by atoms with Gasteiger partial charge in [-0.2, -0.15) is 0 Å². The fourth-order valence-corrected chi connectivity index (χ4v) is 2.79. The first-order chi connectivity index (χ1) is 13.3. The highest BCUT2D eigenvalue weighted by Crippen LogP contribution is 2.10. The third-order valence-electron chi connectivity index (χ3n) is 4.40. The number of rotatable bonds is 15. The molecule has 0 amide bonds. The third-order valence-corrected chi connectivity index (χ3v) is 4.40. The van der Waals surface area contributed by atoms with Gasteiger partial charge in [-0.15, -0.1) is 0 Å². The van der Waals surface area contributed by atoms with Gasteiger partial charge in [0.2, 0.25) is 0 Å². The second-order valence-electron chi connectivity index (χ2n) is 6.88. The number of esters is 1. The highest BCUT2D eigenvalue weighted by molar-refractivity contribution is 5.82. The van der Waals surface area contributed by atoms with Gasteiger partial charge in [0.15, 0.2) is 0 Å². The lowest BCUT2D eigenvalue weighted by Gasteiger charge is -2.00. The topological polar surface area (TPSA) is 26.3 Å². The Morgan fingerprint density at radius 1 is 0.815 bits per heavy atom. The zero-order valence-electron chi connectivity index (χ0n) is 16.9. The normalized spacial score (nSPS) is 11.7. The van der Waals surface area contributed by atoms with Crippen LogP contribution in [-0.2, 0) is 16.1 Å². The van der Waals surface area contributed by atoms with Gasteiger partial charge >= 0.3 is 5.97 Å². The van der Waals surface area contributed by atoms with Gasteiger partial charge in [0.1, 0.15) is 6.61 Å². The first-order valence-corrected chi connectivity index (χ1v) is 10.5. The molecule has 0 aromatic heterocycles. The molecule has 0 aliphatic heterocycles. The fraction of sp³-hybridized carbons (Fsp3) is 0.480. The van der Waals surface area contributed by atoms with Gasteiger partial charge in [-0.05, 0) is 18.4 Å². The summed E-state index contributed by atoms with van der Waals surface area (Å²) < 4.78 is 5.17. The molecule has 0 atom stereocenters. The first kappa shape index (κ1) is 23.0. The average molecular weight is 369 g/mol. The molecule has 2 nitrogen and oxygen atoms in total. The quantitative estimate of drug-likeness (QED) is 0.140. The van der Waals surface area contributed by atoms with Crippen LogP contribution in [0.1, 0.15) is 76.7 Å². The number of carbonyl (C=O) groups excluding carboxylic acids is 1. The molecular formula is C25H36O2. The smallest absolute Gasteiger partial charge is 0.331 e. The molecule has 1 aromatic carbocycles. The van der Waals surface area contributed by atoms with E-state index in [4.69, 9.17) is 4.74 Å². The van der Waals surface area contributed by atoms with Crippen LogP contribution in [0.5, 0.6) is 0 Å². The van der Waals surface area contributed by atoms with Gasteiger partial charge in [0, 0.05) is 6.08 Å². The molecule has 0 N–H and O–H groups in total. The van der Waals surface area contributed by atoms with Crippen LogP contribution in [0.25, 0.3) is 0 Å². The van der Waals surface area contributed by atoms with E-state index >= 15 is 0 Å². The van der Waals surface area contributed by atoms with E-state index in [1.54, 1.807) is 6.08 Å². The molecule has 1 rings (SSSR count). The summed E-state index contributed by atoms with van der Waals surface area (Å²) in [4.78, 5) is 11.6. The Morgan fingerprint density at radius 2 is 1.44 bits per heavy atom. The van der Waals surface area contributed by atoms with Gasteiger partial charge in [-0.3, -0.25) is 0 Å². The average Bonchev–Trinajstić information content (AvgIpc) is 2.70. The molecule has 0 radical (unpaired) electrons. The van der Waals surface area contributed by atoms with E-state index in [2.05, 4.69) is 13.0 Å². The monoisotopic (exact) mass is 368 g/mol. The van der Waals surface area contributed by atoms with Crippen molar-refractivity contribution < 1.29 is 9.53 Å². The van der Waals surface area contributed by atoms with Crippen molar-refractivity contribution in [3.8, 4) is 0 Å². The maximum atomic E-state index is 11.6.